The molecule has 0 aliphatic heterocycles. The van der Waals surface area contributed by atoms with Gasteiger partial charge in [-0.2, -0.15) is 26.3 Å². The summed E-state index contributed by atoms with van der Waals surface area (Å²) in [6.45, 7) is 1.73. The van der Waals surface area contributed by atoms with Crippen LogP contribution in [0.25, 0.3) is 0 Å². The van der Waals surface area contributed by atoms with Gasteiger partial charge in [-0.25, -0.2) is 9.59 Å². The molecule has 0 aliphatic carbocycles. The number of amides is 2. The summed E-state index contributed by atoms with van der Waals surface area (Å²) in [5.74, 6) is -5.53. The smallest absolute Gasteiger partial charge is 0.475 e. The summed E-state index contributed by atoms with van der Waals surface area (Å²) in [5, 5.41) is 14.2. The highest BCUT2D eigenvalue weighted by molar-refractivity contribution is 7.80. The van der Waals surface area contributed by atoms with E-state index >= 15 is 0 Å². The van der Waals surface area contributed by atoms with Gasteiger partial charge in [0.05, 0.1) is 0 Å². The maximum absolute atomic E-state index is 12.5. The molecule has 44 heavy (non-hydrogen) atoms. The summed E-state index contributed by atoms with van der Waals surface area (Å²) in [7, 11) is 0. The first-order chi connectivity index (χ1) is 20.3. The lowest BCUT2D eigenvalue weighted by atomic mass is 10.2. The third-order valence-electron chi connectivity index (χ3n) is 5.14. The van der Waals surface area contributed by atoms with Crippen molar-refractivity contribution in [2.45, 2.75) is 47.8 Å². The maximum atomic E-state index is 12.5. The average molecular weight is 675 g/mol. The van der Waals surface area contributed by atoms with E-state index in [1.54, 1.807) is 9.80 Å². The topological polar surface area (TPSA) is 167 Å². The zero-order chi connectivity index (χ0) is 34.1. The molecule has 0 fully saturated rings. The Morgan fingerprint density at radius 1 is 0.614 bits per heavy atom. The van der Waals surface area contributed by atoms with E-state index in [-0.39, 0.29) is 11.8 Å². The molecular formula is C26H32F6N4O6S2. The predicted molar refractivity (Wildman–Crippen MR) is 156 cm³/mol. The molecule has 2 amide bonds. The van der Waals surface area contributed by atoms with Crippen LogP contribution >= 0.6 is 25.3 Å². The first kappa shape index (κ1) is 40.5. The van der Waals surface area contributed by atoms with Crippen LogP contribution in [0.1, 0.15) is 25.7 Å². The third-order valence-corrected chi connectivity index (χ3v) is 5.74. The fraction of sp³-hybridized carbons (Fsp3) is 0.385. The summed E-state index contributed by atoms with van der Waals surface area (Å²) in [4.78, 5) is 48.1. The molecule has 0 saturated heterocycles. The Kier molecular flexibility index (Phi) is 18.2. The molecule has 0 heterocycles. The van der Waals surface area contributed by atoms with Crippen molar-refractivity contribution in [3.63, 3.8) is 0 Å². The Balaban J connectivity index is 0.00000109. The first-order valence-electron chi connectivity index (χ1n) is 12.5. The fourth-order valence-corrected chi connectivity index (χ4v) is 3.42. The minimum atomic E-state index is -5.08. The molecule has 10 nitrogen and oxygen atoms in total. The molecule has 0 spiro atoms. The number of benzene rings is 2. The molecule has 0 bridgehead atoms. The van der Waals surface area contributed by atoms with Gasteiger partial charge in [-0.05, 0) is 61.4 Å². The molecule has 18 heteroatoms. The van der Waals surface area contributed by atoms with Crippen LogP contribution in [-0.2, 0) is 19.2 Å². The molecule has 0 unspecified atom stereocenters. The van der Waals surface area contributed by atoms with Gasteiger partial charge in [-0.15, -0.1) is 25.3 Å². The third kappa shape index (κ3) is 16.4. The zero-order valence-corrected chi connectivity index (χ0v) is 24.8. The Labute approximate surface area is 259 Å². The second-order valence-corrected chi connectivity index (χ2v) is 9.55. The Bertz CT molecular complexity index is 1110. The Morgan fingerprint density at radius 2 is 0.864 bits per heavy atom. The summed E-state index contributed by atoms with van der Waals surface area (Å²) in [6, 6.07) is 15.0. The highest BCUT2D eigenvalue weighted by Gasteiger charge is 2.38. The van der Waals surface area contributed by atoms with Gasteiger partial charge in [0.1, 0.15) is 0 Å². The zero-order valence-electron chi connectivity index (χ0n) is 23.0. The lowest BCUT2D eigenvalue weighted by Gasteiger charge is -2.25. The number of nitrogens with two attached hydrogens (primary N) is 2. The Hall–Kier alpha value is -3.48. The second-order valence-electron chi connectivity index (χ2n) is 8.51. The molecule has 0 saturated carbocycles. The van der Waals surface area contributed by atoms with Crippen molar-refractivity contribution in [2.24, 2.45) is 11.5 Å². The summed E-state index contributed by atoms with van der Waals surface area (Å²) >= 11 is 8.61. The van der Waals surface area contributed by atoms with Crippen molar-refractivity contribution in [1.29, 1.82) is 0 Å². The SMILES string of the molecule is NCCC(=O)N(CCCCN(C(=O)CCN)c1ccc(S)cc1)c1ccc(S)cc1.O=C(O)C(F)(F)F.O=C(O)C(F)(F)F. The molecule has 2 aromatic rings. The van der Waals surface area contributed by atoms with E-state index in [0.29, 0.717) is 39.0 Å². The first-order valence-corrected chi connectivity index (χ1v) is 13.4. The number of hydrogen-bond acceptors (Lipinski definition) is 8. The minimum absolute atomic E-state index is 0.00940. The van der Waals surface area contributed by atoms with E-state index in [1.807, 2.05) is 48.5 Å². The number of aliphatic carboxylic acids is 2. The van der Waals surface area contributed by atoms with E-state index in [1.165, 1.54) is 0 Å². The molecule has 0 aliphatic rings. The van der Waals surface area contributed by atoms with E-state index in [2.05, 4.69) is 25.3 Å². The molecule has 2 aromatic carbocycles. The van der Waals surface area contributed by atoms with E-state index in [4.69, 9.17) is 31.3 Å². The molecule has 246 valence electrons. The summed E-state index contributed by atoms with van der Waals surface area (Å²) in [5.41, 5.74) is 12.8. The number of rotatable bonds is 11. The van der Waals surface area contributed by atoms with Crippen molar-refractivity contribution in [2.75, 3.05) is 36.0 Å². The molecule has 0 atom stereocenters. The number of halogens is 6. The average Bonchev–Trinajstić information content (AvgIpc) is 2.92. The minimum Gasteiger partial charge on any atom is -0.475 e. The number of carbonyl (C=O) groups excluding carboxylic acids is 2. The predicted octanol–water partition coefficient (Wildman–Crippen LogP) is 4.37. The normalized spacial score (nSPS) is 10.9. The lowest BCUT2D eigenvalue weighted by Crippen LogP contribution is -2.35. The number of alkyl halides is 6. The van der Waals surface area contributed by atoms with Gasteiger partial charge in [-0.3, -0.25) is 9.59 Å². The molecule has 0 radical (unpaired) electrons. The Morgan fingerprint density at radius 3 is 1.07 bits per heavy atom. The van der Waals surface area contributed by atoms with Crippen LogP contribution < -0.4 is 21.3 Å². The van der Waals surface area contributed by atoms with Crippen LogP contribution in [0.4, 0.5) is 37.7 Å². The van der Waals surface area contributed by atoms with Crippen LogP contribution in [0.3, 0.4) is 0 Å². The number of nitrogens with zero attached hydrogens (tertiary/aromatic N) is 2. The number of unbranched alkanes of at least 4 members (excludes halogenated alkanes) is 1. The van der Waals surface area contributed by atoms with E-state index < -0.39 is 24.3 Å². The lowest BCUT2D eigenvalue weighted by molar-refractivity contribution is -0.193. The van der Waals surface area contributed by atoms with Crippen molar-refractivity contribution in [3.05, 3.63) is 48.5 Å². The highest BCUT2D eigenvalue weighted by atomic mass is 32.1. The van der Waals surface area contributed by atoms with Crippen LogP contribution in [0, 0.1) is 0 Å². The van der Waals surface area contributed by atoms with Gasteiger partial charge in [0, 0.05) is 60.2 Å². The highest BCUT2D eigenvalue weighted by Crippen LogP contribution is 2.21. The number of carbonyl (C=O) groups is 4. The summed E-state index contributed by atoms with van der Waals surface area (Å²) in [6.07, 6.45) is -8.09. The van der Waals surface area contributed by atoms with Gasteiger partial charge in [0.15, 0.2) is 0 Å². The van der Waals surface area contributed by atoms with Gasteiger partial charge < -0.3 is 31.5 Å². The second kappa shape index (κ2) is 19.7. The number of carboxylic acid groups (broad SMARTS) is 2. The fourth-order valence-electron chi connectivity index (χ4n) is 3.12. The van der Waals surface area contributed by atoms with Crippen LogP contribution in [0.15, 0.2) is 58.3 Å². The van der Waals surface area contributed by atoms with Crippen LogP contribution in [0.5, 0.6) is 0 Å². The molecular weight excluding hydrogens is 642 g/mol. The number of anilines is 2. The molecule has 6 N–H and O–H groups in total. The van der Waals surface area contributed by atoms with E-state index in [0.717, 1.165) is 34.0 Å². The van der Waals surface area contributed by atoms with Crippen molar-refractivity contribution in [3.8, 4) is 0 Å². The van der Waals surface area contributed by atoms with Crippen molar-refractivity contribution < 1.29 is 55.7 Å². The summed E-state index contributed by atoms with van der Waals surface area (Å²) < 4.78 is 63.5. The van der Waals surface area contributed by atoms with Gasteiger partial charge >= 0.3 is 24.3 Å². The monoisotopic (exact) mass is 674 g/mol. The van der Waals surface area contributed by atoms with Gasteiger partial charge in [0.25, 0.3) is 0 Å². The molecule has 0 aromatic heterocycles. The standard InChI is InChI=1S/C22H30N4O2S2.2C2HF3O2/c23-13-11-21(27)25(17-3-7-19(29)8-4-17)15-1-2-16-26(22(28)12-14-24)18-5-9-20(30)10-6-18;2*3-2(4,5)1(6)7/h3-10,29-30H,1-2,11-16,23-24H2;2*(H,6,7). The largest absolute Gasteiger partial charge is 0.490 e. The van der Waals surface area contributed by atoms with Crippen LogP contribution in [0.2, 0.25) is 0 Å². The van der Waals surface area contributed by atoms with Crippen molar-refractivity contribution in [1.82, 2.24) is 0 Å². The van der Waals surface area contributed by atoms with E-state index in [9.17, 15) is 35.9 Å². The number of hydrogen-bond donors (Lipinski definition) is 6. The molecule has 2 rings (SSSR count). The van der Waals surface area contributed by atoms with Crippen LogP contribution in [-0.4, -0.2) is 72.5 Å². The van der Waals surface area contributed by atoms with Crippen molar-refractivity contribution >= 4 is 60.4 Å². The quantitative estimate of drug-likeness (QED) is 0.116. The number of carboxylic acids is 2. The van der Waals surface area contributed by atoms with Gasteiger partial charge in [0.2, 0.25) is 11.8 Å². The van der Waals surface area contributed by atoms with Gasteiger partial charge in [-0.1, -0.05) is 0 Å². The maximum Gasteiger partial charge on any atom is 0.490 e. The number of thiol groups is 2.